The van der Waals surface area contributed by atoms with Crippen LogP contribution in [0.15, 0.2) is 30.3 Å². The Bertz CT molecular complexity index is 556. The van der Waals surface area contributed by atoms with E-state index in [1.807, 2.05) is 30.3 Å². The maximum Gasteiger partial charge on any atom is 0.358 e. The average molecular weight is 345 g/mol. The van der Waals surface area contributed by atoms with Crippen molar-refractivity contribution in [1.29, 1.82) is 0 Å². The Balaban J connectivity index is 2.59. The molecule has 23 heavy (non-hydrogen) atoms. The van der Waals surface area contributed by atoms with Crippen LogP contribution in [0.4, 0.5) is 0 Å². The van der Waals surface area contributed by atoms with Gasteiger partial charge in [0.05, 0.1) is 13.7 Å². The van der Waals surface area contributed by atoms with Crippen molar-refractivity contribution in [1.82, 2.24) is 5.32 Å². The van der Waals surface area contributed by atoms with Crippen molar-refractivity contribution < 1.29 is 32.7 Å². The quantitative estimate of drug-likeness (QED) is 0.528. The second kappa shape index (κ2) is 9.42. The van der Waals surface area contributed by atoms with E-state index in [0.29, 0.717) is 0 Å². The highest BCUT2D eigenvalue weighted by Crippen LogP contribution is 2.50. The summed E-state index contributed by atoms with van der Waals surface area (Å²) in [7, 11) is -0.396. The molecular weight excluding hydrogens is 325 g/mol. The zero-order valence-corrected chi connectivity index (χ0v) is 14.1. The fourth-order valence-electron chi connectivity index (χ4n) is 1.69. The smallest absolute Gasteiger partial charge is 0.358 e. The minimum atomic E-state index is -3.79. The maximum atomic E-state index is 12.3. The van der Waals surface area contributed by atoms with Gasteiger partial charge in [0, 0.05) is 14.2 Å². The Morgan fingerprint density at radius 3 is 2.26 bits per heavy atom. The topological polar surface area (TPSA) is 100 Å². The number of benzene rings is 1. The molecule has 128 valence electrons. The summed E-state index contributed by atoms with van der Waals surface area (Å²) in [5.74, 6) is -2.92. The molecule has 1 aromatic carbocycles. The van der Waals surface area contributed by atoms with E-state index in [4.69, 9.17) is 13.8 Å². The summed E-state index contributed by atoms with van der Waals surface area (Å²) in [4.78, 5) is 23.4. The second-order valence-electron chi connectivity index (χ2n) is 4.36. The van der Waals surface area contributed by atoms with E-state index in [-0.39, 0.29) is 13.2 Å². The molecule has 0 amide bonds. The number of nitrogens with one attached hydrogen (secondary N) is 1. The molecule has 1 rings (SSSR count). The van der Waals surface area contributed by atoms with Crippen LogP contribution < -0.4 is 5.32 Å². The molecule has 0 radical (unpaired) electrons. The van der Waals surface area contributed by atoms with Gasteiger partial charge in [0.25, 0.3) is 0 Å². The van der Waals surface area contributed by atoms with Gasteiger partial charge >= 0.3 is 19.5 Å². The van der Waals surface area contributed by atoms with Crippen LogP contribution in [0, 0.1) is 0 Å². The van der Waals surface area contributed by atoms with Crippen LogP contribution in [-0.2, 0) is 39.3 Å². The first-order valence-electron chi connectivity index (χ1n) is 6.68. The Labute approximate surface area is 134 Å². The molecule has 0 spiro atoms. The molecule has 1 atom stereocenters. The molecule has 8 nitrogen and oxygen atoms in total. The minimum absolute atomic E-state index is 0.0937. The number of esters is 2. The van der Waals surface area contributed by atoms with Gasteiger partial charge < -0.3 is 18.5 Å². The summed E-state index contributed by atoms with van der Waals surface area (Å²) in [6, 6.07) is 9.11. The molecule has 0 aliphatic carbocycles. The summed E-state index contributed by atoms with van der Waals surface area (Å²) >= 11 is 0. The number of ether oxygens (including phenoxy) is 2. The summed E-state index contributed by atoms with van der Waals surface area (Å²) < 4.78 is 31.4. The van der Waals surface area contributed by atoms with Crippen molar-refractivity contribution in [3.8, 4) is 0 Å². The van der Waals surface area contributed by atoms with E-state index in [1.54, 1.807) is 0 Å². The van der Waals surface area contributed by atoms with Crippen molar-refractivity contribution in [3.63, 3.8) is 0 Å². The van der Waals surface area contributed by atoms with Crippen molar-refractivity contribution in [2.45, 2.75) is 12.4 Å². The molecule has 0 heterocycles. The van der Waals surface area contributed by atoms with Crippen LogP contribution in [0.5, 0.6) is 0 Å². The molecule has 0 aromatic heterocycles. The molecular formula is C14H20NO7P. The zero-order valence-electron chi connectivity index (χ0n) is 13.2. The lowest BCUT2D eigenvalue weighted by molar-refractivity contribution is -0.144. The predicted octanol–water partition coefficient (Wildman–Crippen LogP) is 1.30. The van der Waals surface area contributed by atoms with Crippen LogP contribution in [0.2, 0.25) is 0 Å². The predicted molar refractivity (Wildman–Crippen MR) is 81.7 cm³/mol. The number of hydrogen-bond acceptors (Lipinski definition) is 8. The monoisotopic (exact) mass is 345 g/mol. The lowest BCUT2D eigenvalue weighted by Crippen LogP contribution is -2.41. The molecule has 1 N–H and O–H groups in total. The molecule has 9 heteroatoms. The van der Waals surface area contributed by atoms with Gasteiger partial charge in [-0.1, -0.05) is 30.3 Å². The Kier molecular flexibility index (Phi) is 7.91. The number of carbonyl (C=O) groups excluding carboxylic acids is 2. The highest BCUT2D eigenvalue weighted by molar-refractivity contribution is 7.55. The van der Waals surface area contributed by atoms with Crippen LogP contribution in [0.1, 0.15) is 5.56 Å². The molecule has 1 aromatic rings. The highest BCUT2D eigenvalue weighted by Gasteiger charge is 2.41. The van der Waals surface area contributed by atoms with E-state index < -0.39 is 25.3 Å². The van der Waals surface area contributed by atoms with Crippen LogP contribution >= 0.6 is 7.60 Å². The maximum absolute atomic E-state index is 12.3. The Morgan fingerprint density at radius 2 is 1.74 bits per heavy atom. The van der Waals surface area contributed by atoms with Gasteiger partial charge in [0.2, 0.25) is 5.78 Å². The van der Waals surface area contributed by atoms with E-state index >= 15 is 0 Å². The van der Waals surface area contributed by atoms with Crippen molar-refractivity contribution >= 4 is 19.5 Å². The highest BCUT2D eigenvalue weighted by atomic mass is 31.2. The summed E-state index contributed by atoms with van der Waals surface area (Å²) in [6.07, 6.45) is 0. The number of carbonyl (C=O) groups is 2. The van der Waals surface area contributed by atoms with Crippen LogP contribution in [-0.4, -0.2) is 45.6 Å². The third kappa shape index (κ3) is 5.76. The fourth-order valence-corrected chi connectivity index (χ4v) is 2.94. The summed E-state index contributed by atoms with van der Waals surface area (Å²) in [6.45, 7) is -0.264. The van der Waals surface area contributed by atoms with Gasteiger partial charge in [-0.25, -0.2) is 4.79 Å². The van der Waals surface area contributed by atoms with Gasteiger partial charge in [-0.2, -0.15) is 0 Å². The first kappa shape index (κ1) is 19.3. The van der Waals surface area contributed by atoms with Crippen molar-refractivity contribution in [2.24, 2.45) is 0 Å². The fraction of sp³-hybridized carbons (Fsp3) is 0.429. The lowest BCUT2D eigenvalue weighted by atomic mass is 10.2. The van der Waals surface area contributed by atoms with Crippen LogP contribution in [0.3, 0.4) is 0 Å². The van der Waals surface area contributed by atoms with Crippen molar-refractivity contribution in [3.05, 3.63) is 35.9 Å². The summed E-state index contributed by atoms with van der Waals surface area (Å²) in [5.41, 5.74) is 0.824. The largest absolute Gasteiger partial charge is 0.467 e. The third-order valence-electron chi connectivity index (χ3n) is 2.93. The van der Waals surface area contributed by atoms with E-state index in [2.05, 4.69) is 10.1 Å². The van der Waals surface area contributed by atoms with Gasteiger partial charge in [-0.05, 0) is 5.56 Å². The van der Waals surface area contributed by atoms with Gasteiger partial charge in [-0.3, -0.25) is 14.7 Å². The van der Waals surface area contributed by atoms with Gasteiger partial charge in [-0.15, -0.1) is 0 Å². The number of methoxy groups -OCH3 is 1. The first-order valence-corrected chi connectivity index (χ1v) is 8.30. The Hall–Kier alpha value is -1.73. The van der Waals surface area contributed by atoms with E-state index in [9.17, 15) is 14.2 Å². The van der Waals surface area contributed by atoms with Crippen molar-refractivity contribution in [2.75, 3.05) is 27.9 Å². The molecule has 1 unspecified atom stereocenters. The molecule has 0 fully saturated rings. The molecule has 0 aliphatic heterocycles. The molecule has 0 saturated carbocycles. The molecule has 0 aliphatic rings. The minimum Gasteiger partial charge on any atom is -0.467 e. The van der Waals surface area contributed by atoms with E-state index in [1.165, 1.54) is 0 Å². The SMILES string of the molecule is COC(=O)C(NCC(=O)OCc1ccccc1)P(=O)(OC)OC. The average Bonchev–Trinajstić information content (AvgIpc) is 2.60. The summed E-state index contributed by atoms with van der Waals surface area (Å²) in [5, 5.41) is 2.49. The zero-order chi connectivity index (χ0) is 17.3. The van der Waals surface area contributed by atoms with Gasteiger partial charge in [0.15, 0.2) is 0 Å². The molecule has 0 saturated heterocycles. The normalized spacial score (nSPS) is 12.5. The first-order chi connectivity index (χ1) is 11.0. The number of hydrogen-bond donors (Lipinski definition) is 1. The molecule has 0 bridgehead atoms. The van der Waals surface area contributed by atoms with Gasteiger partial charge in [0.1, 0.15) is 6.61 Å². The standard InChI is InChI=1S/C14H20NO7P/c1-19-14(17)13(23(18,20-2)21-3)15-9-12(16)22-10-11-7-5-4-6-8-11/h4-8,13,15H,9-10H2,1-3H3. The Morgan fingerprint density at radius 1 is 1.13 bits per heavy atom. The second-order valence-corrected chi connectivity index (χ2v) is 6.68. The van der Waals surface area contributed by atoms with Crippen LogP contribution in [0.25, 0.3) is 0 Å². The lowest BCUT2D eigenvalue weighted by Gasteiger charge is -2.22. The van der Waals surface area contributed by atoms with E-state index in [0.717, 1.165) is 26.9 Å². The number of rotatable bonds is 9. The third-order valence-corrected chi connectivity index (χ3v) is 4.98.